The van der Waals surface area contributed by atoms with Crippen molar-refractivity contribution in [2.45, 2.75) is 47.0 Å². The topological polar surface area (TPSA) is 49.4 Å². The van der Waals surface area contributed by atoms with Crippen molar-refractivity contribution in [3.05, 3.63) is 24.3 Å². The molecule has 0 aromatic heterocycles. The lowest BCUT2D eigenvalue weighted by atomic mass is 10.1. The summed E-state index contributed by atoms with van der Waals surface area (Å²) in [5, 5.41) is 3.49. The number of rotatable bonds is 6. The van der Waals surface area contributed by atoms with Gasteiger partial charge in [0.25, 0.3) is 0 Å². The molecule has 2 fully saturated rings. The molecular formula is C16H21F3N2O2S2. The number of piperidine rings is 1. The minimum Gasteiger partial charge on any atom is -0.314 e. The number of hydrogen-bond acceptors (Lipinski definition) is 4. The van der Waals surface area contributed by atoms with Crippen LogP contribution in [0.5, 0.6) is 0 Å². The fraction of sp³-hybridized carbons (Fsp3) is 0.625. The van der Waals surface area contributed by atoms with E-state index in [0.717, 1.165) is 25.3 Å². The predicted molar refractivity (Wildman–Crippen MR) is 90.9 cm³/mol. The number of alkyl halides is 3. The van der Waals surface area contributed by atoms with Crippen LogP contribution < -0.4 is 5.32 Å². The van der Waals surface area contributed by atoms with Crippen LogP contribution in [-0.2, 0) is 10.0 Å². The van der Waals surface area contributed by atoms with E-state index in [0.29, 0.717) is 19.1 Å². The first kappa shape index (κ1) is 19.0. The zero-order valence-corrected chi connectivity index (χ0v) is 15.3. The predicted octanol–water partition coefficient (Wildman–Crippen LogP) is 3.45. The van der Waals surface area contributed by atoms with Crippen molar-refractivity contribution in [2.24, 2.45) is 5.92 Å². The first-order chi connectivity index (χ1) is 11.7. The Balaban J connectivity index is 1.57. The van der Waals surface area contributed by atoms with Crippen molar-refractivity contribution in [1.82, 2.24) is 9.62 Å². The molecule has 3 rings (SSSR count). The highest BCUT2D eigenvalue weighted by atomic mass is 32.2. The van der Waals surface area contributed by atoms with Crippen LogP contribution >= 0.6 is 11.8 Å². The molecule has 1 aromatic rings. The number of benzene rings is 1. The van der Waals surface area contributed by atoms with E-state index in [9.17, 15) is 21.6 Å². The van der Waals surface area contributed by atoms with E-state index in [1.54, 1.807) is 0 Å². The third kappa shape index (κ3) is 5.35. The van der Waals surface area contributed by atoms with Gasteiger partial charge in [0, 0.05) is 24.0 Å². The molecule has 2 aliphatic rings. The summed E-state index contributed by atoms with van der Waals surface area (Å²) in [4.78, 5) is 0.0258. The highest BCUT2D eigenvalue weighted by molar-refractivity contribution is 8.00. The molecule has 1 aliphatic heterocycles. The van der Waals surface area contributed by atoms with Crippen molar-refractivity contribution in [2.75, 3.05) is 19.6 Å². The van der Waals surface area contributed by atoms with Gasteiger partial charge in [0.05, 0.1) is 4.90 Å². The average Bonchev–Trinajstić information content (AvgIpc) is 3.37. The Morgan fingerprint density at radius 1 is 1.08 bits per heavy atom. The molecule has 25 heavy (non-hydrogen) atoms. The molecule has 0 spiro atoms. The minimum absolute atomic E-state index is 0.0190. The van der Waals surface area contributed by atoms with Crippen LogP contribution in [0.2, 0.25) is 0 Å². The van der Waals surface area contributed by atoms with Crippen LogP contribution in [0.1, 0.15) is 25.7 Å². The molecule has 0 radical (unpaired) electrons. The van der Waals surface area contributed by atoms with E-state index in [1.807, 2.05) is 0 Å². The molecule has 4 nitrogen and oxygen atoms in total. The summed E-state index contributed by atoms with van der Waals surface area (Å²) in [6.45, 7) is 1.88. The van der Waals surface area contributed by atoms with E-state index in [1.165, 1.54) is 41.4 Å². The van der Waals surface area contributed by atoms with Gasteiger partial charge in [0.1, 0.15) is 0 Å². The fourth-order valence-corrected chi connectivity index (χ4v) is 4.93. The lowest BCUT2D eigenvalue weighted by Gasteiger charge is -2.31. The van der Waals surface area contributed by atoms with E-state index in [-0.39, 0.29) is 21.6 Å². The van der Waals surface area contributed by atoms with Crippen LogP contribution in [0.25, 0.3) is 0 Å². The Kier molecular flexibility index (Phi) is 5.67. The summed E-state index contributed by atoms with van der Waals surface area (Å²) >= 11 is -0.248. The average molecular weight is 394 g/mol. The molecule has 1 saturated heterocycles. The van der Waals surface area contributed by atoms with Gasteiger partial charge in [-0.3, -0.25) is 0 Å². The summed E-state index contributed by atoms with van der Waals surface area (Å²) in [5.41, 5.74) is -4.38. The molecule has 0 atom stereocenters. The Morgan fingerprint density at radius 2 is 1.68 bits per heavy atom. The Bertz CT molecular complexity index is 680. The normalized spacial score (nSPS) is 20.8. The summed E-state index contributed by atoms with van der Waals surface area (Å²) in [5.74, 6) is 0.787. The SMILES string of the molecule is O=S(=O)(c1ccc(SC(F)(F)F)cc1)N1CCC(NCC2CC2)CC1. The van der Waals surface area contributed by atoms with Gasteiger partial charge in [0.2, 0.25) is 10.0 Å². The van der Waals surface area contributed by atoms with Crippen LogP contribution in [0.4, 0.5) is 13.2 Å². The van der Waals surface area contributed by atoms with Crippen molar-refractivity contribution in [3.63, 3.8) is 0 Å². The number of halogens is 3. The van der Waals surface area contributed by atoms with Crippen molar-refractivity contribution in [1.29, 1.82) is 0 Å². The lowest BCUT2D eigenvalue weighted by Crippen LogP contribution is -2.45. The monoisotopic (exact) mass is 394 g/mol. The van der Waals surface area contributed by atoms with Gasteiger partial charge in [-0.25, -0.2) is 8.42 Å². The molecule has 1 aromatic carbocycles. The van der Waals surface area contributed by atoms with Gasteiger partial charge < -0.3 is 5.32 Å². The third-order valence-electron chi connectivity index (χ3n) is 4.54. The molecule has 0 amide bonds. The lowest BCUT2D eigenvalue weighted by molar-refractivity contribution is -0.0328. The second-order valence-electron chi connectivity index (χ2n) is 6.55. The second kappa shape index (κ2) is 7.46. The molecular weight excluding hydrogens is 373 g/mol. The number of nitrogens with zero attached hydrogens (tertiary/aromatic N) is 1. The summed E-state index contributed by atoms with van der Waals surface area (Å²) in [6.07, 6.45) is 4.08. The standard InChI is InChI=1S/C16H21F3N2O2S2/c17-16(18,19)24-14-3-5-15(6-4-14)25(22,23)21-9-7-13(8-10-21)20-11-12-1-2-12/h3-6,12-13,20H,1-2,7-11H2. The highest BCUT2D eigenvalue weighted by Crippen LogP contribution is 2.37. The van der Waals surface area contributed by atoms with E-state index in [2.05, 4.69) is 5.32 Å². The number of nitrogens with one attached hydrogen (secondary N) is 1. The quantitative estimate of drug-likeness (QED) is 0.751. The largest absolute Gasteiger partial charge is 0.446 e. The smallest absolute Gasteiger partial charge is 0.314 e. The maximum atomic E-state index is 12.6. The molecule has 1 N–H and O–H groups in total. The fourth-order valence-electron chi connectivity index (χ4n) is 2.92. The first-order valence-electron chi connectivity index (χ1n) is 8.33. The highest BCUT2D eigenvalue weighted by Gasteiger charge is 2.32. The number of hydrogen-bond donors (Lipinski definition) is 1. The van der Waals surface area contributed by atoms with Crippen molar-refractivity contribution < 1.29 is 21.6 Å². The van der Waals surface area contributed by atoms with Crippen LogP contribution in [-0.4, -0.2) is 43.9 Å². The molecule has 9 heteroatoms. The van der Waals surface area contributed by atoms with Gasteiger partial charge in [-0.15, -0.1) is 0 Å². The van der Waals surface area contributed by atoms with Crippen LogP contribution in [0.15, 0.2) is 34.1 Å². The van der Waals surface area contributed by atoms with Crippen molar-refractivity contribution >= 4 is 21.8 Å². The first-order valence-corrected chi connectivity index (χ1v) is 10.6. The van der Waals surface area contributed by atoms with Gasteiger partial charge in [0.15, 0.2) is 0 Å². The number of thioether (sulfide) groups is 1. The summed E-state index contributed by atoms with van der Waals surface area (Å²) in [7, 11) is -3.65. The Labute approximate surface area is 150 Å². The van der Waals surface area contributed by atoms with Gasteiger partial charge in [-0.1, -0.05) is 0 Å². The van der Waals surface area contributed by atoms with Gasteiger partial charge in [-0.05, 0) is 74.2 Å². The second-order valence-corrected chi connectivity index (χ2v) is 9.63. The maximum Gasteiger partial charge on any atom is 0.446 e. The maximum absolute atomic E-state index is 12.6. The van der Waals surface area contributed by atoms with Crippen molar-refractivity contribution in [3.8, 4) is 0 Å². The van der Waals surface area contributed by atoms with Gasteiger partial charge in [-0.2, -0.15) is 17.5 Å². The third-order valence-corrected chi connectivity index (χ3v) is 7.19. The van der Waals surface area contributed by atoms with E-state index >= 15 is 0 Å². The number of sulfonamides is 1. The Morgan fingerprint density at radius 3 is 2.20 bits per heavy atom. The van der Waals surface area contributed by atoms with Gasteiger partial charge >= 0.3 is 5.51 Å². The summed E-state index contributed by atoms with van der Waals surface area (Å²) < 4.78 is 63.8. The Hall–Kier alpha value is -0.770. The molecule has 1 aliphatic carbocycles. The molecule has 140 valence electrons. The van der Waals surface area contributed by atoms with E-state index < -0.39 is 15.5 Å². The molecule has 0 unspecified atom stereocenters. The minimum atomic E-state index is -4.38. The van der Waals surface area contributed by atoms with Crippen LogP contribution in [0.3, 0.4) is 0 Å². The summed E-state index contributed by atoms with van der Waals surface area (Å²) in [6, 6.07) is 5.25. The zero-order valence-electron chi connectivity index (χ0n) is 13.6. The molecule has 1 heterocycles. The molecule has 1 saturated carbocycles. The zero-order chi connectivity index (χ0) is 18.1. The molecule has 0 bridgehead atoms. The van der Waals surface area contributed by atoms with E-state index in [4.69, 9.17) is 0 Å². The van der Waals surface area contributed by atoms with Crippen LogP contribution in [0, 0.1) is 5.92 Å².